The molecule has 2 rings (SSSR count). The second-order valence-corrected chi connectivity index (χ2v) is 4.76. The summed E-state index contributed by atoms with van der Waals surface area (Å²) in [6.45, 7) is 1.62. The first-order valence-corrected chi connectivity index (χ1v) is 6.10. The van der Waals surface area contributed by atoms with Crippen LogP contribution in [0.4, 0.5) is 21.6 Å². The molecule has 0 fully saturated rings. The zero-order valence-electron chi connectivity index (χ0n) is 9.85. The summed E-state index contributed by atoms with van der Waals surface area (Å²) in [4.78, 5) is 14.3. The number of hydrogen-bond donors (Lipinski definition) is 1. The van der Waals surface area contributed by atoms with Crippen molar-refractivity contribution in [2.75, 3.05) is 5.32 Å². The Kier molecular flexibility index (Phi) is 3.75. The molecule has 0 bridgehead atoms. The molecule has 1 N–H and O–H groups in total. The van der Waals surface area contributed by atoms with Crippen LogP contribution in [-0.4, -0.2) is 9.91 Å². The van der Waals surface area contributed by atoms with E-state index in [-0.39, 0.29) is 17.2 Å². The van der Waals surface area contributed by atoms with E-state index in [0.29, 0.717) is 10.0 Å². The molecule has 0 saturated heterocycles. The molecule has 0 aliphatic rings. The normalized spacial score (nSPS) is 10.3. The van der Waals surface area contributed by atoms with Crippen LogP contribution in [0, 0.1) is 22.9 Å². The minimum Gasteiger partial charge on any atom is -0.332 e. The summed E-state index contributed by atoms with van der Waals surface area (Å²) in [7, 11) is 0. The molecule has 98 valence electrons. The number of aryl methyl sites for hydroxylation is 1. The van der Waals surface area contributed by atoms with Crippen molar-refractivity contribution >= 4 is 33.1 Å². The summed E-state index contributed by atoms with van der Waals surface area (Å²) in [6, 6.07) is 6.08. The third-order valence-electron chi connectivity index (χ3n) is 2.48. The standard InChI is InChI=1S/C12H9BrFN3O2/c1-7-3-2-4-9(11(7)14)16-12-10(17(18)19)5-8(13)6-15-12/h2-6H,1H3,(H,15,16). The zero-order valence-corrected chi connectivity index (χ0v) is 11.4. The van der Waals surface area contributed by atoms with Gasteiger partial charge in [-0.25, -0.2) is 9.37 Å². The first-order chi connectivity index (χ1) is 8.99. The highest BCUT2D eigenvalue weighted by atomic mass is 79.9. The monoisotopic (exact) mass is 325 g/mol. The van der Waals surface area contributed by atoms with Crippen molar-refractivity contribution in [1.82, 2.24) is 4.98 Å². The molecule has 2 aromatic rings. The quantitative estimate of drug-likeness (QED) is 0.685. The lowest BCUT2D eigenvalue weighted by Gasteiger charge is -2.08. The average Bonchev–Trinajstić information content (AvgIpc) is 2.36. The highest BCUT2D eigenvalue weighted by molar-refractivity contribution is 9.10. The van der Waals surface area contributed by atoms with Gasteiger partial charge < -0.3 is 5.32 Å². The van der Waals surface area contributed by atoms with Crippen molar-refractivity contribution in [3.63, 3.8) is 0 Å². The van der Waals surface area contributed by atoms with Crippen LogP contribution in [0.2, 0.25) is 0 Å². The smallest absolute Gasteiger partial charge is 0.312 e. The Hall–Kier alpha value is -2.02. The maximum absolute atomic E-state index is 13.8. The van der Waals surface area contributed by atoms with Crippen LogP contribution < -0.4 is 5.32 Å². The van der Waals surface area contributed by atoms with Crippen molar-refractivity contribution in [3.8, 4) is 0 Å². The van der Waals surface area contributed by atoms with Gasteiger partial charge in [-0.3, -0.25) is 10.1 Å². The van der Waals surface area contributed by atoms with Gasteiger partial charge in [0, 0.05) is 16.7 Å². The van der Waals surface area contributed by atoms with Gasteiger partial charge in [-0.2, -0.15) is 0 Å². The van der Waals surface area contributed by atoms with Gasteiger partial charge in [0.1, 0.15) is 5.82 Å². The predicted molar refractivity (Wildman–Crippen MR) is 73.0 cm³/mol. The molecule has 0 spiro atoms. The molecule has 0 atom stereocenters. The van der Waals surface area contributed by atoms with Gasteiger partial charge in [0.2, 0.25) is 5.82 Å². The number of rotatable bonds is 3. The van der Waals surface area contributed by atoms with E-state index >= 15 is 0 Å². The Labute approximate surface area is 116 Å². The molecular formula is C12H9BrFN3O2. The van der Waals surface area contributed by atoms with Crippen molar-refractivity contribution in [2.24, 2.45) is 0 Å². The van der Waals surface area contributed by atoms with E-state index in [1.54, 1.807) is 19.1 Å². The van der Waals surface area contributed by atoms with Gasteiger partial charge >= 0.3 is 5.69 Å². The molecular weight excluding hydrogens is 317 g/mol. The molecule has 7 heteroatoms. The summed E-state index contributed by atoms with van der Waals surface area (Å²) >= 11 is 3.11. The molecule has 0 unspecified atom stereocenters. The topological polar surface area (TPSA) is 68.1 Å². The molecule has 0 aliphatic heterocycles. The van der Waals surface area contributed by atoms with Crippen LogP contribution >= 0.6 is 15.9 Å². The zero-order chi connectivity index (χ0) is 14.0. The summed E-state index contributed by atoms with van der Waals surface area (Å²) in [6.07, 6.45) is 1.41. The van der Waals surface area contributed by atoms with Crippen LogP contribution in [0.3, 0.4) is 0 Å². The lowest BCUT2D eigenvalue weighted by molar-refractivity contribution is -0.384. The van der Waals surface area contributed by atoms with Crippen LogP contribution in [-0.2, 0) is 0 Å². The number of anilines is 2. The largest absolute Gasteiger partial charge is 0.332 e. The number of hydrogen-bond acceptors (Lipinski definition) is 4. The minimum absolute atomic E-state index is 0.00213. The Balaban J connectivity index is 2.44. The summed E-state index contributed by atoms with van der Waals surface area (Å²) in [5.74, 6) is -0.459. The number of nitrogens with one attached hydrogen (secondary N) is 1. The van der Waals surface area contributed by atoms with Crippen molar-refractivity contribution in [1.29, 1.82) is 0 Å². The summed E-state index contributed by atoms with van der Waals surface area (Å²) < 4.78 is 14.3. The fourth-order valence-electron chi connectivity index (χ4n) is 1.54. The van der Waals surface area contributed by atoms with Crippen molar-refractivity contribution < 1.29 is 9.31 Å². The lowest BCUT2D eigenvalue weighted by atomic mass is 10.2. The molecule has 0 aliphatic carbocycles. The maximum atomic E-state index is 13.8. The number of halogens is 2. The first-order valence-electron chi connectivity index (χ1n) is 5.31. The van der Waals surface area contributed by atoms with E-state index in [0.717, 1.165) is 0 Å². The Morgan fingerprint density at radius 2 is 2.21 bits per heavy atom. The second kappa shape index (κ2) is 5.31. The van der Waals surface area contributed by atoms with E-state index in [4.69, 9.17) is 0 Å². The third kappa shape index (κ3) is 2.87. The van der Waals surface area contributed by atoms with E-state index in [2.05, 4.69) is 26.2 Å². The number of nitro groups is 1. The summed E-state index contributed by atoms with van der Waals surface area (Å²) in [5, 5.41) is 13.6. The lowest BCUT2D eigenvalue weighted by Crippen LogP contribution is -2.01. The number of nitrogens with zero attached hydrogens (tertiary/aromatic N) is 2. The van der Waals surface area contributed by atoms with E-state index in [9.17, 15) is 14.5 Å². The van der Waals surface area contributed by atoms with Crippen molar-refractivity contribution in [3.05, 3.63) is 56.4 Å². The molecule has 0 amide bonds. The highest BCUT2D eigenvalue weighted by Gasteiger charge is 2.17. The number of pyridine rings is 1. The van der Waals surface area contributed by atoms with Gasteiger partial charge in [0.25, 0.3) is 0 Å². The SMILES string of the molecule is Cc1cccc(Nc2ncc(Br)cc2[N+](=O)[O-])c1F. The van der Waals surface area contributed by atoms with Gasteiger partial charge in [-0.15, -0.1) is 0 Å². The number of aromatic nitrogens is 1. The molecule has 0 radical (unpaired) electrons. The molecule has 1 heterocycles. The second-order valence-electron chi connectivity index (χ2n) is 3.84. The van der Waals surface area contributed by atoms with Crippen LogP contribution in [0.1, 0.15) is 5.56 Å². The van der Waals surface area contributed by atoms with Crippen LogP contribution in [0.25, 0.3) is 0 Å². The van der Waals surface area contributed by atoms with Crippen molar-refractivity contribution in [2.45, 2.75) is 6.92 Å². The van der Waals surface area contributed by atoms with E-state index in [1.807, 2.05) is 0 Å². The van der Waals surface area contributed by atoms with Gasteiger partial charge in [0.05, 0.1) is 10.6 Å². The van der Waals surface area contributed by atoms with Crippen LogP contribution in [0.5, 0.6) is 0 Å². The molecule has 19 heavy (non-hydrogen) atoms. The molecule has 5 nitrogen and oxygen atoms in total. The minimum atomic E-state index is -0.576. The highest BCUT2D eigenvalue weighted by Crippen LogP contribution is 2.29. The Morgan fingerprint density at radius 1 is 1.47 bits per heavy atom. The summed E-state index contributed by atoms with van der Waals surface area (Å²) in [5.41, 5.74) is 0.373. The maximum Gasteiger partial charge on any atom is 0.312 e. The Bertz CT molecular complexity index is 649. The average molecular weight is 326 g/mol. The van der Waals surface area contributed by atoms with Crippen LogP contribution in [0.15, 0.2) is 34.9 Å². The number of benzene rings is 1. The van der Waals surface area contributed by atoms with Gasteiger partial charge in [0.15, 0.2) is 0 Å². The fourth-order valence-corrected chi connectivity index (χ4v) is 1.85. The Morgan fingerprint density at radius 3 is 2.89 bits per heavy atom. The molecule has 1 aromatic heterocycles. The predicted octanol–water partition coefficient (Wildman–Crippen LogP) is 3.94. The van der Waals surface area contributed by atoms with E-state index < -0.39 is 10.7 Å². The fraction of sp³-hybridized carbons (Fsp3) is 0.0833. The van der Waals surface area contributed by atoms with Gasteiger partial charge in [-0.1, -0.05) is 12.1 Å². The molecule has 1 aromatic carbocycles. The first kappa shape index (κ1) is 13.4. The molecule has 0 saturated carbocycles. The third-order valence-corrected chi connectivity index (χ3v) is 2.91. The van der Waals surface area contributed by atoms with Gasteiger partial charge in [-0.05, 0) is 34.5 Å². The van der Waals surface area contributed by atoms with E-state index in [1.165, 1.54) is 18.3 Å².